The van der Waals surface area contributed by atoms with Crippen LogP contribution < -0.4 is 4.74 Å². The molecule has 86 valence electrons. The van der Waals surface area contributed by atoms with Crippen molar-refractivity contribution in [3.63, 3.8) is 0 Å². The summed E-state index contributed by atoms with van der Waals surface area (Å²) in [5.74, 6) is 0.684. The third kappa shape index (κ3) is 3.12. The van der Waals surface area contributed by atoms with Gasteiger partial charge in [0, 0.05) is 19.1 Å². The van der Waals surface area contributed by atoms with Gasteiger partial charge in [0.15, 0.2) is 5.71 Å². The highest BCUT2D eigenvalue weighted by molar-refractivity contribution is 5.89. The van der Waals surface area contributed by atoms with Crippen molar-refractivity contribution in [3.05, 3.63) is 41.1 Å². The SMILES string of the molecule is COc1cccc(/[N+]([O-])=C(\C)C=C(C)C)c1. The summed E-state index contributed by atoms with van der Waals surface area (Å²) >= 11 is 0. The molecule has 3 heteroatoms. The van der Waals surface area contributed by atoms with Crippen molar-refractivity contribution in [1.82, 2.24) is 0 Å². The number of nitrogens with zero attached hydrogens (tertiary/aromatic N) is 1. The van der Waals surface area contributed by atoms with Gasteiger partial charge in [-0.25, -0.2) is 0 Å². The van der Waals surface area contributed by atoms with Gasteiger partial charge in [-0.05, 0) is 19.9 Å². The van der Waals surface area contributed by atoms with Crippen LogP contribution in [0.2, 0.25) is 0 Å². The molecular formula is C13H17NO2. The van der Waals surface area contributed by atoms with Gasteiger partial charge in [0.2, 0.25) is 5.69 Å². The smallest absolute Gasteiger partial charge is 0.220 e. The lowest BCUT2D eigenvalue weighted by molar-refractivity contribution is -0.360. The number of rotatable bonds is 3. The average molecular weight is 219 g/mol. The molecule has 3 nitrogen and oxygen atoms in total. The van der Waals surface area contributed by atoms with E-state index in [1.165, 1.54) is 0 Å². The minimum atomic E-state index is 0.578. The summed E-state index contributed by atoms with van der Waals surface area (Å²) in [5, 5.41) is 11.9. The Morgan fingerprint density at radius 2 is 2.00 bits per heavy atom. The largest absolute Gasteiger partial charge is 0.618 e. The summed E-state index contributed by atoms with van der Waals surface area (Å²) < 4.78 is 5.97. The molecular weight excluding hydrogens is 202 g/mol. The monoisotopic (exact) mass is 219 g/mol. The summed E-state index contributed by atoms with van der Waals surface area (Å²) in [6.45, 7) is 5.71. The topological polar surface area (TPSA) is 35.3 Å². The molecule has 0 bridgehead atoms. The number of hydrogen-bond acceptors (Lipinski definition) is 2. The van der Waals surface area contributed by atoms with Crippen LogP contribution in [0.3, 0.4) is 0 Å². The van der Waals surface area contributed by atoms with Gasteiger partial charge in [-0.2, -0.15) is 4.74 Å². The van der Waals surface area contributed by atoms with Crippen LogP contribution in [0.4, 0.5) is 5.69 Å². The molecule has 0 aliphatic carbocycles. The highest BCUT2D eigenvalue weighted by atomic mass is 16.5. The Labute approximate surface area is 96.3 Å². The molecule has 16 heavy (non-hydrogen) atoms. The second kappa shape index (κ2) is 5.35. The first-order valence-electron chi connectivity index (χ1n) is 5.14. The predicted octanol–water partition coefficient (Wildman–Crippen LogP) is 3.26. The summed E-state index contributed by atoms with van der Waals surface area (Å²) in [5.41, 5.74) is 2.34. The molecule has 0 atom stereocenters. The Morgan fingerprint density at radius 3 is 2.56 bits per heavy atom. The van der Waals surface area contributed by atoms with Crippen LogP contribution in [0.15, 0.2) is 35.9 Å². The highest BCUT2D eigenvalue weighted by Crippen LogP contribution is 2.19. The Kier molecular flexibility index (Phi) is 4.11. The molecule has 0 aliphatic heterocycles. The maximum atomic E-state index is 11.9. The third-order valence-corrected chi connectivity index (χ3v) is 2.11. The van der Waals surface area contributed by atoms with Crippen LogP contribution in [0, 0.1) is 5.21 Å². The van der Waals surface area contributed by atoms with E-state index in [1.54, 1.807) is 32.2 Å². The Balaban J connectivity index is 3.12. The molecule has 0 saturated carbocycles. The minimum Gasteiger partial charge on any atom is -0.618 e. The lowest BCUT2D eigenvalue weighted by atomic mass is 10.2. The molecule has 0 N–H and O–H groups in total. The number of allylic oxidation sites excluding steroid dienone is 2. The zero-order valence-electron chi connectivity index (χ0n) is 10.2. The zero-order valence-corrected chi connectivity index (χ0v) is 10.2. The lowest BCUT2D eigenvalue weighted by Gasteiger charge is -2.06. The van der Waals surface area contributed by atoms with Crippen LogP contribution >= 0.6 is 0 Å². The van der Waals surface area contributed by atoms with Gasteiger partial charge >= 0.3 is 0 Å². The zero-order chi connectivity index (χ0) is 12.1. The molecule has 0 unspecified atom stereocenters. The number of hydrogen-bond donors (Lipinski definition) is 0. The molecule has 0 amide bonds. The van der Waals surface area contributed by atoms with E-state index in [4.69, 9.17) is 4.74 Å². The van der Waals surface area contributed by atoms with Crippen molar-refractivity contribution >= 4 is 11.4 Å². The molecule has 0 saturated heterocycles. The van der Waals surface area contributed by atoms with E-state index < -0.39 is 0 Å². The molecule has 0 spiro atoms. The number of methoxy groups -OCH3 is 1. The fraction of sp³-hybridized carbons (Fsp3) is 0.308. The van der Waals surface area contributed by atoms with Crippen LogP contribution in [0.25, 0.3) is 0 Å². The lowest BCUT2D eigenvalue weighted by Crippen LogP contribution is -2.05. The molecule has 0 fully saturated rings. The van der Waals surface area contributed by atoms with E-state index >= 15 is 0 Å². The van der Waals surface area contributed by atoms with Gasteiger partial charge in [-0.15, -0.1) is 0 Å². The number of ether oxygens (including phenoxy) is 1. The van der Waals surface area contributed by atoms with Gasteiger partial charge in [0.05, 0.1) is 13.2 Å². The summed E-state index contributed by atoms with van der Waals surface area (Å²) in [6, 6.07) is 7.09. The summed E-state index contributed by atoms with van der Waals surface area (Å²) in [6.07, 6.45) is 1.85. The van der Waals surface area contributed by atoms with Gasteiger partial charge in [-0.3, -0.25) is 0 Å². The Hall–Kier alpha value is -1.77. The molecule has 0 heterocycles. The minimum absolute atomic E-state index is 0.578. The predicted molar refractivity (Wildman–Crippen MR) is 66.4 cm³/mol. The maximum absolute atomic E-state index is 11.9. The van der Waals surface area contributed by atoms with Crippen LogP contribution in [0.1, 0.15) is 20.8 Å². The molecule has 1 aromatic rings. The van der Waals surface area contributed by atoms with Crippen molar-refractivity contribution in [2.24, 2.45) is 0 Å². The first-order chi connectivity index (χ1) is 7.54. The normalized spacial score (nSPS) is 11.8. The van der Waals surface area contributed by atoms with Crippen molar-refractivity contribution in [3.8, 4) is 5.75 Å². The fourth-order valence-electron chi connectivity index (χ4n) is 1.42. The van der Waals surface area contributed by atoms with E-state index in [0.717, 1.165) is 10.3 Å². The summed E-state index contributed by atoms with van der Waals surface area (Å²) in [4.78, 5) is 0. The van der Waals surface area contributed by atoms with E-state index in [-0.39, 0.29) is 0 Å². The van der Waals surface area contributed by atoms with Crippen LogP contribution in [-0.2, 0) is 0 Å². The van der Waals surface area contributed by atoms with E-state index in [9.17, 15) is 5.21 Å². The fourth-order valence-corrected chi connectivity index (χ4v) is 1.42. The third-order valence-electron chi connectivity index (χ3n) is 2.11. The molecule has 1 rings (SSSR count). The second-order valence-electron chi connectivity index (χ2n) is 3.86. The van der Waals surface area contributed by atoms with Gasteiger partial charge in [0.1, 0.15) is 5.75 Å². The van der Waals surface area contributed by atoms with Crippen molar-refractivity contribution in [1.29, 1.82) is 0 Å². The van der Waals surface area contributed by atoms with Gasteiger partial charge < -0.3 is 9.94 Å². The molecule has 0 aromatic heterocycles. The molecule has 1 aromatic carbocycles. The van der Waals surface area contributed by atoms with Crippen molar-refractivity contribution < 1.29 is 9.48 Å². The summed E-state index contributed by atoms with van der Waals surface area (Å²) in [7, 11) is 1.58. The maximum Gasteiger partial charge on any atom is 0.220 e. The van der Waals surface area contributed by atoms with Gasteiger partial charge in [-0.1, -0.05) is 11.6 Å². The van der Waals surface area contributed by atoms with E-state index in [2.05, 4.69) is 0 Å². The standard InChI is InChI=1S/C13H17NO2/c1-10(2)8-11(3)14(15)12-6-5-7-13(9-12)16-4/h5-9H,1-4H3/b14-11-. The highest BCUT2D eigenvalue weighted by Gasteiger charge is 2.06. The van der Waals surface area contributed by atoms with Crippen molar-refractivity contribution in [2.75, 3.05) is 7.11 Å². The van der Waals surface area contributed by atoms with Crippen molar-refractivity contribution in [2.45, 2.75) is 20.8 Å². The first kappa shape index (κ1) is 12.3. The second-order valence-corrected chi connectivity index (χ2v) is 3.86. The van der Waals surface area contributed by atoms with Crippen LogP contribution in [0.5, 0.6) is 5.75 Å². The van der Waals surface area contributed by atoms with Gasteiger partial charge in [0.25, 0.3) is 0 Å². The first-order valence-corrected chi connectivity index (χ1v) is 5.14. The van der Waals surface area contributed by atoms with Crippen LogP contribution in [-0.4, -0.2) is 17.6 Å². The number of benzene rings is 1. The Morgan fingerprint density at radius 1 is 1.31 bits per heavy atom. The van der Waals surface area contributed by atoms with E-state index in [0.29, 0.717) is 17.1 Å². The average Bonchev–Trinajstić information content (AvgIpc) is 2.27. The van der Waals surface area contributed by atoms with E-state index in [1.807, 2.05) is 26.0 Å². The Bertz CT molecular complexity index is 429. The molecule has 0 aliphatic rings. The quantitative estimate of drug-likeness (QED) is 0.338. The molecule has 0 radical (unpaired) electrons.